The topological polar surface area (TPSA) is 52.0 Å². The number of rotatable bonds is 8. The molecule has 0 radical (unpaired) electrons. The van der Waals surface area contributed by atoms with E-state index in [4.69, 9.17) is 9.47 Å². The maximum Gasteiger partial charge on any atom is 0.412 e. The Morgan fingerprint density at radius 2 is 1.86 bits per heavy atom. The zero-order valence-electron chi connectivity index (χ0n) is 17.1. The van der Waals surface area contributed by atoms with Gasteiger partial charge in [-0.3, -0.25) is 5.32 Å². The molecule has 2 atom stereocenters. The first-order valence-electron chi connectivity index (χ1n) is 10.8. The normalized spacial score (nSPS) is 22.3. The summed E-state index contributed by atoms with van der Waals surface area (Å²) in [7, 11) is 0. The quantitative estimate of drug-likeness (QED) is 0.623. The third-order valence-electron chi connectivity index (χ3n) is 5.86. The minimum Gasteiger partial charge on any atom is -1.00 e. The molecule has 158 valence electrons. The first-order chi connectivity index (χ1) is 13.3. The lowest BCUT2D eigenvalue weighted by atomic mass is 9.91. The number of hydrogen-bond donors (Lipinski definition) is 2. The van der Waals surface area contributed by atoms with E-state index in [0.717, 1.165) is 37.9 Å². The number of anilines is 1. The summed E-state index contributed by atoms with van der Waals surface area (Å²) in [6.45, 7) is 5.29. The first kappa shape index (κ1) is 22.8. The van der Waals surface area contributed by atoms with Crippen molar-refractivity contribution in [2.75, 3.05) is 25.0 Å². The van der Waals surface area contributed by atoms with Gasteiger partial charge in [0, 0.05) is 19.3 Å². The number of nitrogens with one attached hydrogen (secondary N) is 2. The van der Waals surface area contributed by atoms with Gasteiger partial charge in [-0.05, 0) is 37.8 Å². The van der Waals surface area contributed by atoms with E-state index in [-0.39, 0.29) is 24.6 Å². The van der Waals surface area contributed by atoms with E-state index in [1.165, 1.54) is 38.8 Å². The van der Waals surface area contributed by atoms with E-state index >= 15 is 0 Å². The second kappa shape index (κ2) is 12.2. The highest BCUT2D eigenvalue weighted by Crippen LogP contribution is 2.25. The van der Waals surface area contributed by atoms with Crippen molar-refractivity contribution in [2.24, 2.45) is 0 Å². The summed E-state index contributed by atoms with van der Waals surface area (Å²) in [5, 5.41) is 2.91. The second-order valence-electron chi connectivity index (χ2n) is 7.88. The number of amides is 1. The zero-order valence-corrected chi connectivity index (χ0v) is 17.8. The first-order valence-corrected chi connectivity index (χ1v) is 10.8. The van der Waals surface area contributed by atoms with Gasteiger partial charge in [0.15, 0.2) is 6.10 Å². The lowest BCUT2D eigenvalue weighted by Gasteiger charge is -2.34. The summed E-state index contributed by atoms with van der Waals surface area (Å²) in [6, 6.07) is 8.08. The molecular weight excluding hydrogens is 376 g/mol. The largest absolute Gasteiger partial charge is 1.00 e. The average Bonchev–Trinajstić information content (AvgIpc) is 3.21. The number of halogens is 1. The summed E-state index contributed by atoms with van der Waals surface area (Å²) in [4.78, 5) is 14.2. The Balaban J connectivity index is 0.00000280. The number of carbonyl (C=O) groups excluding carboxylic acids is 1. The van der Waals surface area contributed by atoms with Crippen LogP contribution in [0.4, 0.5) is 10.5 Å². The van der Waals surface area contributed by atoms with Gasteiger partial charge in [0.25, 0.3) is 0 Å². The van der Waals surface area contributed by atoms with Crippen molar-refractivity contribution >= 4 is 11.8 Å². The Kier molecular flexibility index (Phi) is 9.93. The molecule has 1 amide bonds. The van der Waals surface area contributed by atoms with Crippen LogP contribution in [-0.4, -0.2) is 37.9 Å². The predicted molar refractivity (Wildman–Crippen MR) is 108 cm³/mol. The summed E-state index contributed by atoms with van der Waals surface area (Å²) in [5.74, 6) is 0.718. The Labute approximate surface area is 175 Å². The van der Waals surface area contributed by atoms with E-state index in [2.05, 4.69) is 12.2 Å². The number of unbranched alkanes of at least 4 members (excludes halogenated alkanes) is 2. The van der Waals surface area contributed by atoms with Crippen LogP contribution >= 0.6 is 0 Å². The SMILES string of the molecule is CCCCCOc1ccccc1NC(=O)O[C@@H]1CCCC[C@H]1[NH+]1CCCC1.[Cl-]. The molecule has 1 saturated carbocycles. The number of hydrogen-bond acceptors (Lipinski definition) is 3. The Morgan fingerprint density at radius 1 is 1.11 bits per heavy atom. The number of likely N-dealkylation sites (tertiary alicyclic amines) is 1. The van der Waals surface area contributed by atoms with Crippen molar-refractivity contribution in [3.8, 4) is 5.75 Å². The number of carbonyl (C=O) groups is 1. The van der Waals surface area contributed by atoms with Crippen LogP contribution in [0.2, 0.25) is 0 Å². The molecule has 0 bridgehead atoms. The minimum absolute atomic E-state index is 0. The highest BCUT2D eigenvalue weighted by molar-refractivity contribution is 5.86. The minimum atomic E-state index is -0.352. The lowest BCUT2D eigenvalue weighted by Crippen LogP contribution is -3.15. The van der Waals surface area contributed by atoms with Gasteiger partial charge in [-0.1, -0.05) is 31.9 Å². The highest BCUT2D eigenvalue weighted by atomic mass is 35.5. The Bertz CT molecular complexity index is 593. The van der Waals surface area contributed by atoms with Crippen LogP contribution in [0.25, 0.3) is 0 Å². The van der Waals surface area contributed by atoms with Crippen LogP contribution in [0.5, 0.6) is 5.75 Å². The summed E-state index contributed by atoms with van der Waals surface area (Å²) >= 11 is 0. The molecule has 5 nitrogen and oxygen atoms in total. The maximum absolute atomic E-state index is 12.6. The standard InChI is InChI=1S/C22H34N2O3.ClH/c1-2-3-10-17-26-20-13-6-4-11-18(20)23-22(25)27-21-14-7-5-12-19(21)24-15-8-9-16-24;/h4,6,11,13,19,21H,2-3,5,7-10,12,14-17H2,1H3,(H,23,25);1H/t19-,21-;/m1./s1. The Hall–Kier alpha value is -1.46. The molecule has 2 aliphatic rings. The molecule has 3 rings (SSSR count). The molecule has 1 aliphatic carbocycles. The molecule has 0 aromatic heterocycles. The van der Waals surface area contributed by atoms with Crippen LogP contribution in [-0.2, 0) is 4.74 Å². The lowest BCUT2D eigenvalue weighted by molar-refractivity contribution is -0.918. The maximum atomic E-state index is 12.6. The number of quaternary nitrogens is 1. The van der Waals surface area contributed by atoms with Gasteiger partial charge in [-0.15, -0.1) is 0 Å². The number of benzene rings is 1. The molecule has 1 aromatic rings. The monoisotopic (exact) mass is 410 g/mol. The van der Waals surface area contributed by atoms with Crippen molar-refractivity contribution in [1.29, 1.82) is 0 Å². The molecule has 6 heteroatoms. The van der Waals surface area contributed by atoms with Gasteiger partial charge in [-0.25, -0.2) is 4.79 Å². The molecule has 1 aliphatic heterocycles. The van der Waals surface area contributed by atoms with E-state index in [1.807, 2.05) is 24.3 Å². The van der Waals surface area contributed by atoms with Gasteiger partial charge in [-0.2, -0.15) is 0 Å². The van der Waals surface area contributed by atoms with Crippen molar-refractivity contribution in [2.45, 2.75) is 76.9 Å². The van der Waals surface area contributed by atoms with Crippen LogP contribution in [0.1, 0.15) is 64.7 Å². The molecule has 2 N–H and O–H groups in total. The molecule has 0 unspecified atom stereocenters. The summed E-state index contributed by atoms with van der Waals surface area (Å²) < 4.78 is 11.7. The van der Waals surface area contributed by atoms with Crippen LogP contribution in [0.15, 0.2) is 24.3 Å². The van der Waals surface area contributed by atoms with Gasteiger partial charge >= 0.3 is 6.09 Å². The van der Waals surface area contributed by atoms with Crippen molar-refractivity contribution in [1.82, 2.24) is 0 Å². The van der Waals surface area contributed by atoms with E-state index in [9.17, 15) is 4.79 Å². The smallest absolute Gasteiger partial charge is 0.412 e. The third-order valence-corrected chi connectivity index (χ3v) is 5.86. The second-order valence-corrected chi connectivity index (χ2v) is 7.88. The molecule has 1 saturated heterocycles. The molecule has 2 fully saturated rings. The fraction of sp³-hybridized carbons (Fsp3) is 0.682. The van der Waals surface area contributed by atoms with E-state index in [1.54, 1.807) is 4.90 Å². The zero-order chi connectivity index (χ0) is 18.9. The number of para-hydroxylation sites is 2. The number of ether oxygens (including phenoxy) is 2. The fourth-order valence-corrected chi connectivity index (χ4v) is 4.41. The highest BCUT2D eigenvalue weighted by Gasteiger charge is 2.37. The summed E-state index contributed by atoms with van der Waals surface area (Å²) in [5.41, 5.74) is 0.694. The van der Waals surface area contributed by atoms with Gasteiger partial charge in [0.1, 0.15) is 11.8 Å². The third kappa shape index (κ3) is 6.56. The fourth-order valence-electron chi connectivity index (χ4n) is 4.41. The van der Waals surface area contributed by atoms with Gasteiger partial charge in [0.05, 0.1) is 25.4 Å². The molecule has 28 heavy (non-hydrogen) atoms. The van der Waals surface area contributed by atoms with Crippen LogP contribution < -0.4 is 27.4 Å². The van der Waals surface area contributed by atoms with Gasteiger partial charge in [0.2, 0.25) is 0 Å². The molecule has 1 aromatic carbocycles. The van der Waals surface area contributed by atoms with Crippen LogP contribution in [0.3, 0.4) is 0 Å². The van der Waals surface area contributed by atoms with Gasteiger partial charge < -0.3 is 26.8 Å². The molecular formula is C22H35ClN2O3. The Morgan fingerprint density at radius 3 is 2.64 bits per heavy atom. The van der Waals surface area contributed by atoms with E-state index in [0.29, 0.717) is 18.3 Å². The van der Waals surface area contributed by atoms with Crippen molar-refractivity contribution < 1.29 is 31.6 Å². The predicted octanol–water partition coefficient (Wildman–Crippen LogP) is 0.798. The molecule has 0 spiro atoms. The van der Waals surface area contributed by atoms with Crippen LogP contribution in [0, 0.1) is 0 Å². The molecule has 1 heterocycles. The van der Waals surface area contributed by atoms with E-state index < -0.39 is 0 Å². The summed E-state index contributed by atoms with van der Waals surface area (Å²) in [6.07, 6.45) is 10.2. The van der Waals surface area contributed by atoms with Crippen molar-refractivity contribution in [3.63, 3.8) is 0 Å². The average molecular weight is 411 g/mol. The van der Waals surface area contributed by atoms with Crippen molar-refractivity contribution in [3.05, 3.63) is 24.3 Å².